The van der Waals surface area contributed by atoms with E-state index in [4.69, 9.17) is 1.37 Å². The molecule has 0 fully saturated rings. The number of hydrogen-bond acceptors (Lipinski definition) is 1. The highest BCUT2D eigenvalue weighted by Crippen LogP contribution is 2.22. The zero-order valence-corrected chi connectivity index (χ0v) is 5.46. The van der Waals surface area contributed by atoms with Crippen molar-refractivity contribution < 1.29 is 1.37 Å². The van der Waals surface area contributed by atoms with E-state index < -0.39 is 0 Å². The summed E-state index contributed by atoms with van der Waals surface area (Å²) in [5.74, 6) is 1.08. The number of imidazole rings is 1. The van der Waals surface area contributed by atoms with Crippen molar-refractivity contribution in [1.82, 2.24) is 9.55 Å². The summed E-state index contributed by atoms with van der Waals surface area (Å²) in [7, 11) is 0. The third-order valence-electron chi connectivity index (χ3n) is 1.95. The van der Waals surface area contributed by atoms with Gasteiger partial charge in [0.25, 0.3) is 0 Å². The summed E-state index contributed by atoms with van der Waals surface area (Å²) in [5, 5.41) is 0. The van der Waals surface area contributed by atoms with Gasteiger partial charge in [-0.1, -0.05) is 0 Å². The molecular formula is C7H10N2. The Labute approximate surface area is 55.9 Å². The molecule has 0 aromatic carbocycles. The maximum atomic E-state index is 7.25. The first-order valence-corrected chi connectivity index (χ1v) is 3.32. The van der Waals surface area contributed by atoms with Crippen LogP contribution in [-0.2, 0) is 6.42 Å². The van der Waals surface area contributed by atoms with E-state index in [0.717, 1.165) is 12.2 Å². The Balaban J connectivity index is 2.49. The van der Waals surface area contributed by atoms with Crippen LogP contribution in [0.3, 0.4) is 0 Å². The van der Waals surface area contributed by atoms with Crippen LogP contribution in [0, 0.1) is 0 Å². The topological polar surface area (TPSA) is 17.8 Å². The predicted molar refractivity (Wildman–Crippen MR) is 35.3 cm³/mol. The molecule has 1 aromatic heterocycles. The average Bonchev–Trinajstić information content (AvgIpc) is 2.35. The summed E-state index contributed by atoms with van der Waals surface area (Å²) in [4.78, 5) is 4.07. The van der Waals surface area contributed by atoms with Crippen molar-refractivity contribution in [3.05, 3.63) is 18.2 Å². The second-order valence-electron chi connectivity index (χ2n) is 2.58. The van der Waals surface area contributed by atoms with Crippen LogP contribution in [0.2, 0.25) is 0 Å². The van der Waals surface area contributed by atoms with E-state index in [1.807, 2.05) is 6.20 Å². The van der Waals surface area contributed by atoms with Crippen LogP contribution >= 0.6 is 0 Å². The summed E-state index contributed by atoms with van der Waals surface area (Å²) in [5.41, 5.74) is 0. The first-order valence-electron chi connectivity index (χ1n) is 3.82. The van der Waals surface area contributed by atoms with Gasteiger partial charge in [0.05, 0.1) is 1.37 Å². The van der Waals surface area contributed by atoms with Gasteiger partial charge in [0.1, 0.15) is 5.82 Å². The lowest BCUT2D eigenvalue weighted by molar-refractivity contribution is 0.581. The molecule has 2 nitrogen and oxygen atoms in total. The number of hydrogen-bond donors (Lipinski definition) is 0. The maximum Gasteiger partial charge on any atom is 0.108 e. The van der Waals surface area contributed by atoms with Crippen molar-refractivity contribution in [3.63, 3.8) is 0 Å². The van der Waals surface area contributed by atoms with Crippen molar-refractivity contribution in [1.29, 1.82) is 0 Å². The van der Waals surface area contributed by atoms with Gasteiger partial charge in [-0.2, -0.15) is 0 Å². The van der Waals surface area contributed by atoms with Crippen LogP contribution in [0.5, 0.6) is 0 Å². The minimum Gasteiger partial charge on any atom is -0.332 e. The molecule has 1 aliphatic heterocycles. The fraction of sp³-hybridized carbons (Fsp3) is 0.571. The van der Waals surface area contributed by atoms with Crippen molar-refractivity contribution >= 4 is 0 Å². The Morgan fingerprint density at radius 2 is 2.89 bits per heavy atom. The van der Waals surface area contributed by atoms with Gasteiger partial charge in [-0.3, -0.25) is 0 Å². The van der Waals surface area contributed by atoms with Gasteiger partial charge in [0.2, 0.25) is 0 Å². The summed E-state index contributed by atoms with van der Waals surface area (Å²) in [6, 6.07) is 0.557. The SMILES string of the molecule is [2H]c1cn2c(n1)CCC2C. The Kier molecular flexibility index (Phi) is 0.725. The van der Waals surface area contributed by atoms with Crippen LogP contribution in [0.4, 0.5) is 0 Å². The van der Waals surface area contributed by atoms with E-state index in [0.29, 0.717) is 12.2 Å². The third kappa shape index (κ3) is 0.590. The van der Waals surface area contributed by atoms with Crippen molar-refractivity contribution in [3.8, 4) is 0 Å². The van der Waals surface area contributed by atoms with Gasteiger partial charge in [-0.15, -0.1) is 0 Å². The number of rotatable bonds is 0. The molecule has 0 N–H and O–H groups in total. The molecule has 0 saturated carbocycles. The van der Waals surface area contributed by atoms with E-state index in [1.165, 1.54) is 6.42 Å². The number of nitrogens with zero attached hydrogens (tertiary/aromatic N) is 2. The quantitative estimate of drug-likeness (QED) is 0.509. The minimum atomic E-state index is 0.404. The van der Waals surface area contributed by atoms with Crippen LogP contribution in [0.25, 0.3) is 0 Å². The highest BCUT2D eigenvalue weighted by molar-refractivity contribution is 5.00. The second kappa shape index (κ2) is 1.59. The lowest BCUT2D eigenvalue weighted by Crippen LogP contribution is -1.95. The van der Waals surface area contributed by atoms with Gasteiger partial charge in [0.15, 0.2) is 0 Å². The molecule has 0 bridgehead atoms. The van der Waals surface area contributed by atoms with Gasteiger partial charge >= 0.3 is 0 Å². The van der Waals surface area contributed by atoms with Crippen LogP contribution in [-0.4, -0.2) is 9.55 Å². The van der Waals surface area contributed by atoms with Gasteiger partial charge in [0, 0.05) is 24.8 Å². The molecule has 0 saturated heterocycles. The molecule has 1 aliphatic rings. The number of aryl methyl sites for hydroxylation is 1. The molecule has 2 heterocycles. The fourth-order valence-electron chi connectivity index (χ4n) is 1.34. The van der Waals surface area contributed by atoms with Gasteiger partial charge < -0.3 is 4.57 Å². The summed E-state index contributed by atoms with van der Waals surface area (Å²) in [6.07, 6.45) is 4.44. The van der Waals surface area contributed by atoms with E-state index in [9.17, 15) is 0 Å². The molecule has 0 radical (unpaired) electrons. The molecule has 1 atom stereocenters. The monoisotopic (exact) mass is 123 g/mol. The second-order valence-corrected chi connectivity index (χ2v) is 2.58. The highest BCUT2D eigenvalue weighted by atomic mass is 15.1. The Morgan fingerprint density at radius 1 is 2.00 bits per heavy atom. The zero-order chi connectivity index (χ0) is 7.14. The van der Waals surface area contributed by atoms with E-state index in [-0.39, 0.29) is 0 Å². The summed E-state index contributed by atoms with van der Waals surface area (Å²) < 4.78 is 9.35. The van der Waals surface area contributed by atoms with Gasteiger partial charge in [-0.25, -0.2) is 4.98 Å². The molecule has 1 unspecified atom stereocenters. The van der Waals surface area contributed by atoms with Crippen molar-refractivity contribution in [2.24, 2.45) is 0 Å². The molecular weight excluding hydrogens is 112 g/mol. The van der Waals surface area contributed by atoms with E-state index in [1.54, 1.807) is 0 Å². The molecule has 0 spiro atoms. The zero-order valence-electron chi connectivity index (χ0n) is 6.46. The lowest BCUT2D eigenvalue weighted by Gasteiger charge is -2.02. The molecule has 48 valence electrons. The maximum absolute atomic E-state index is 7.25. The fourth-order valence-corrected chi connectivity index (χ4v) is 1.34. The number of aromatic nitrogens is 2. The first kappa shape index (κ1) is 4.09. The molecule has 0 amide bonds. The molecule has 1 aromatic rings. The first-order chi connectivity index (χ1) is 4.77. The summed E-state index contributed by atoms with van der Waals surface area (Å²) in [6.45, 7) is 2.16. The van der Waals surface area contributed by atoms with Crippen molar-refractivity contribution in [2.45, 2.75) is 25.8 Å². The van der Waals surface area contributed by atoms with Crippen LogP contribution in [0.1, 0.15) is 26.6 Å². The molecule has 2 heteroatoms. The molecule has 2 rings (SSSR count). The Bertz CT molecular complexity index is 254. The van der Waals surface area contributed by atoms with Gasteiger partial charge in [-0.05, 0) is 13.3 Å². The summed E-state index contributed by atoms with van der Waals surface area (Å²) >= 11 is 0. The lowest BCUT2D eigenvalue weighted by atomic mass is 10.2. The standard InChI is InChI=1S/C7H10N2/c1-6-2-3-7-8-4-5-9(6)7/h4-6H,2-3H2,1H3/i4D. The average molecular weight is 123 g/mol. The van der Waals surface area contributed by atoms with Crippen LogP contribution < -0.4 is 0 Å². The number of fused-ring (bicyclic) bond motifs is 1. The van der Waals surface area contributed by atoms with E-state index >= 15 is 0 Å². The third-order valence-corrected chi connectivity index (χ3v) is 1.95. The minimum absolute atomic E-state index is 0.404. The molecule has 0 aliphatic carbocycles. The Morgan fingerprint density at radius 3 is 3.67 bits per heavy atom. The van der Waals surface area contributed by atoms with Crippen molar-refractivity contribution in [2.75, 3.05) is 0 Å². The highest BCUT2D eigenvalue weighted by Gasteiger charge is 2.16. The predicted octanol–water partition coefficient (Wildman–Crippen LogP) is 1.39. The molecule has 9 heavy (non-hydrogen) atoms. The van der Waals surface area contributed by atoms with E-state index in [2.05, 4.69) is 16.5 Å². The normalized spacial score (nSPS) is 25.9. The smallest absolute Gasteiger partial charge is 0.108 e. The van der Waals surface area contributed by atoms with Crippen LogP contribution in [0.15, 0.2) is 12.4 Å². The Hall–Kier alpha value is -0.790. The largest absolute Gasteiger partial charge is 0.332 e.